The van der Waals surface area contributed by atoms with Crippen LogP contribution in [0.4, 0.5) is 10.1 Å². The number of carbonyl (C=O) groups is 8. The summed E-state index contributed by atoms with van der Waals surface area (Å²) in [6, 6.07) is 29.0. The van der Waals surface area contributed by atoms with E-state index in [1.807, 2.05) is 76.5 Å². The first-order chi connectivity index (χ1) is 45.0. The van der Waals surface area contributed by atoms with E-state index in [1.165, 1.54) is 22.1 Å². The number of hydrogen-bond donors (Lipinski definition) is 4. The van der Waals surface area contributed by atoms with Gasteiger partial charge in [0.1, 0.15) is 29.7 Å². The van der Waals surface area contributed by atoms with Crippen molar-refractivity contribution in [1.29, 1.82) is 0 Å². The molecule has 0 saturated carbocycles. The second kappa shape index (κ2) is 26.3. The van der Waals surface area contributed by atoms with Crippen LogP contribution in [-0.2, 0) is 51.9 Å². The van der Waals surface area contributed by atoms with E-state index in [9.17, 15) is 33.6 Å². The summed E-state index contributed by atoms with van der Waals surface area (Å²) < 4.78 is 27.2. The molecular formula is C67H69ClFN13O10S. The molecule has 0 aliphatic carbocycles. The summed E-state index contributed by atoms with van der Waals surface area (Å²) in [7, 11) is 1.78. The molecule has 5 aromatic carbocycles. The lowest BCUT2D eigenvalue weighted by Gasteiger charge is -2.45. The molecule has 13 rings (SSSR count). The fraction of sp³-hybridized carbons (Fsp3) is 0.388. The first-order valence-corrected chi connectivity index (χ1v) is 32.6. The number of anilines is 1. The van der Waals surface area contributed by atoms with Gasteiger partial charge >= 0.3 is 5.97 Å². The number of aliphatic carboxylic acids is 1. The molecule has 8 aromatic rings. The molecule has 0 bridgehead atoms. The summed E-state index contributed by atoms with van der Waals surface area (Å²) in [4.78, 5) is 121. The number of piperidine rings is 3. The van der Waals surface area contributed by atoms with Gasteiger partial charge in [-0.1, -0.05) is 60.1 Å². The monoisotopic (exact) mass is 1300 g/mol. The van der Waals surface area contributed by atoms with Gasteiger partial charge in [-0.05, 0) is 85.3 Å². The average molecular weight is 1300 g/mol. The van der Waals surface area contributed by atoms with Crippen molar-refractivity contribution in [2.24, 2.45) is 13.0 Å². The predicted octanol–water partition coefficient (Wildman–Crippen LogP) is 6.63. The SMILES string of the molecule is Cn1ncc2cc(F)c(-c3cccc4c3c(C3CCN(C(=O)CN5CCN(C(=O)C6CCN(C(=O)C7(Oc8ccccc8-c8nc9cccc(Cl)c9s8)CCN(C(=O)[C@H]8CC(=O)Nc9ccccc98)CC7)CC6)CC5)CC3)nn4CC(=O)NCC(=O)NCC(=O)O)cc21. The normalized spacial score (nSPS) is 18.1. The molecular weight excluding hydrogens is 1230 g/mol. The molecule has 1 atom stereocenters. The number of carbonyl (C=O) groups excluding carboxylic acids is 7. The smallest absolute Gasteiger partial charge is 0.322 e. The Morgan fingerprint density at radius 1 is 0.731 bits per heavy atom. The number of thiazole rings is 1. The summed E-state index contributed by atoms with van der Waals surface area (Å²) in [6.45, 7) is 2.71. The number of para-hydroxylation sites is 2. The van der Waals surface area contributed by atoms with E-state index >= 15 is 9.18 Å². The summed E-state index contributed by atoms with van der Waals surface area (Å²) in [5, 5.41) is 28.4. The van der Waals surface area contributed by atoms with E-state index in [2.05, 4.69) is 25.9 Å². The van der Waals surface area contributed by atoms with Gasteiger partial charge in [-0.25, -0.2) is 9.37 Å². The lowest BCUT2D eigenvalue weighted by atomic mass is 9.85. The van der Waals surface area contributed by atoms with Crippen LogP contribution in [0.15, 0.2) is 103 Å². The molecule has 482 valence electrons. The Hall–Kier alpha value is -9.33. The summed E-state index contributed by atoms with van der Waals surface area (Å²) in [5.41, 5.74) is 4.30. The van der Waals surface area contributed by atoms with Gasteiger partial charge < -0.3 is 45.4 Å². The molecule has 0 radical (unpaired) electrons. The minimum atomic E-state index is -1.37. The van der Waals surface area contributed by atoms with Crippen molar-refractivity contribution in [2.75, 3.05) is 90.4 Å². The third-order valence-electron chi connectivity index (χ3n) is 18.9. The second-order valence-corrected chi connectivity index (χ2v) is 26.0. The summed E-state index contributed by atoms with van der Waals surface area (Å²) in [5.74, 6) is -4.19. The highest BCUT2D eigenvalue weighted by atomic mass is 35.5. The van der Waals surface area contributed by atoms with E-state index in [1.54, 1.807) is 52.0 Å². The zero-order valence-corrected chi connectivity index (χ0v) is 52.7. The average Bonchev–Trinajstić information content (AvgIpc) is 1.70. The summed E-state index contributed by atoms with van der Waals surface area (Å²) in [6.07, 6.45) is 3.99. The van der Waals surface area contributed by atoms with Crippen LogP contribution in [0.3, 0.4) is 0 Å². The van der Waals surface area contributed by atoms with Gasteiger partial charge in [0.25, 0.3) is 5.91 Å². The highest BCUT2D eigenvalue weighted by Crippen LogP contribution is 2.44. The number of amides is 7. The van der Waals surface area contributed by atoms with E-state index < -0.39 is 48.2 Å². The topological polar surface area (TPSA) is 267 Å². The molecule has 3 aromatic heterocycles. The number of benzene rings is 5. The van der Waals surface area contributed by atoms with Crippen molar-refractivity contribution in [3.63, 3.8) is 0 Å². The van der Waals surface area contributed by atoms with Crippen molar-refractivity contribution in [1.82, 2.24) is 59.7 Å². The molecule has 93 heavy (non-hydrogen) atoms. The molecule has 0 unspecified atom stereocenters. The van der Waals surface area contributed by atoms with Gasteiger partial charge in [-0.15, -0.1) is 11.3 Å². The van der Waals surface area contributed by atoms with Crippen LogP contribution in [0, 0.1) is 11.7 Å². The Morgan fingerprint density at radius 3 is 2.19 bits per heavy atom. The van der Waals surface area contributed by atoms with Gasteiger partial charge in [0, 0.05) is 126 Å². The van der Waals surface area contributed by atoms with Gasteiger partial charge in [0.15, 0.2) is 5.60 Å². The lowest BCUT2D eigenvalue weighted by Crippen LogP contribution is -2.60. The van der Waals surface area contributed by atoms with Crippen molar-refractivity contribution in [2.45, 2.75) is 68.9 Å². The van der Waals surface area contributed by atoms with Crippen molar-refractivity contribution >= 4 is 108 Å². The number of hydrogen-bond acceptors (Lipinski definition) is 14. The number of likely N-dealkylation sites (tertiary alicyclic amines) is 3. The van der Waals surface area contributed by atoms with Gasteiger partial charge in [-0.3, -0.25) is 52.6 Å². The minimum absolute atomic E-state index is 0.0221. The van der Waals surface area contributed by atoms with Crippen LogP contribution < -0.4 is 20.7 Å². The Bertz CT molecular complexity index is 4270. The highest BCUT2D eigenvalue weighted by molar-refractivity contribution is 7.22. The molecule has 7 amide bonds. The third kappa shape index (κ3) is 12.8. The van der Waals surface area contributed by atoms with Crippen LogP contribution in [0.25, 0.3) is 53.7 Å². The molecule has 4 N–H and O–H groups in total. The van der Waals surface area contributed by atoms with Gasteiger partial charge in [0.05, 0.1) is 62.7 Å². The Morgan fingerprint density at radius 2 is 1.43 bits per heavy atom. The van der Waals surface area contributed by atoms with E-state index in [0.717, 1.165) is 21.3 Å². The number of halogens is 2. The number of nitrogens with one attached hydrogen (secondary N) is 3. The minimum Gasteiger partial charge on any atom is -0.480 e. The first kappa shape index (κ1) is 62.5. The molecule has 5 aliphatic rings. The van der Waals surface area contributed by atoms with Crippen LogP contribution in [0.5, 0.6) is 5.75 Å². The van der Waals surface area contributed by atoms with Gasteiger partial charge in [-0.2, -0.15) is 10.2 Å². The lowest BCUT2D eigenvalue weighted by molar-refractivity contribution is -0.158. The number of ether oxygens (including phenoxy) is 1. The van der Waals surface area contributed by atoms with E-state index in [-0.39, 0.29) is 86.8 Å². The zero-order valence-electron chi connectivity index (χ0n) is 51.2. The number of piperazine rings is 1. The Kier molecular flexibility index (Phi) is 17.7. The third-order valence-corrected chi connectivity index (χ3v) is 20.4. The molecule has 23 nitrogen and oxygen atoms in total. The van der Waals surface area contributed by atoms with Crippen LogP contribution in [0.2, 0.25) is 5.02 Å². The van der Waals surface area contributed by atoms with Crippen LogP contribution in [-0.4, -0.2) is 192 Å². The maximum Gasteiger partial charge on any atom is 0.322 e. The van der Waals surface area contributed by atoms with Gasteiger partial charge in [0.2, 0.25) is 35.4 Å². The zero-order chi connectivity index (χ0) is 64.7. The second-order valence-electron chi connectivity index (χ2n) is 24.6. The molecule has 5 aliphatic heterocycles. The first-order valence-electron chi connectivity index (χ1n) is 31.4. The number of aryl methyl sites for hydroxylation is 1. The molecule has 4 saturated heterocycles. The van der Waals surface area contributed by atoms with E-state index in [0.29, 0.717) is 138 Å². The molecule has 8 heterocycles. The Balaban J connectivity index is 0.636. The Labute approximate surface area is 542 Å². The maximum absolute atomic E-state index is 16.1. The standard InChI is InChI=1S/C67H69ClFN13O10S/c1-76-53-33-46(49(69)32-42(53)35-72-76)44-10-6-14-52-60(44)61(75-82(52)38-57(85)70-36-56(84)71-37-59(87)88)40-16-22-78(23-17-40)58(86)39-77-28-30-80(31-29-77)64(89)41-18-24-81(25-19-41)66(91)67(92-54-15-5-3-9-45(54)63-74-51-13-7-11-48(68)62(51)93-63)20-26-79(27-21-67)65(90)47-34-55(83)73-50-12-4-2-8-43(47)50/h2-15,32-33,35,40-41,47H,16-31,34,36-39H2,1H3,(H,70,85)(H,71,84)(H,73,83)(H,87,88)/t47-/m0/s1. The fourth-order valence-corrected chi connectivity index (χ4v) is 15.1. The van der Waals surface area contributed by atoms with Crippen molar-refractivity contribution in [3.8, 4) is 27.4 Å². The summed E-state index contributed by atoms with van der Waals surface area (Å²) >= 11 is 8.04. The number of carboxylic acid groups (broad SMARTS) is 1. The quantitative estimate of drug-likeness (QED) is 0.0791. The maximum atomic E-state index is 16.1. The highest BCUT2D eigenvalue weighted by Gasteiger charge is 2.49. The number of aromatic nitrogens is 5. The molecule has 0 spiro atoms. The van der Waals surface area contributed by atoms with Crippen LogP contribution in [0.1, 0.15) is 68.0 Å². The number of rotatable bonds is 16. The molecule has 26 heteroatoms. The number of nitrogens with zero attached hydrogens (tertiary/aromatic N) is 10. The van der Waals surface area contributed by atoms with Crippen molar-refractivity contribution < 1.29 is 52.6 Å². The van der Waals surface area contributed by atoms with Crippen LogP contribution >= 0.6 is 22.9 Å². The number of carboxylic acids is 1. The van der Waals surface area contributed by atoms with Crippen molar-refractivity contribution in [3.05, 3.63) is 125 Å². The largest absolute Gasteiger partial charge is 0.480 e. The fourth-order valence-electron chi connectivity index (χ4n) is 13.8. The molecule has 4 fully saturated rings. The predicted molar refractivity (Wildman–Crippen MR) is 346 cm³/mol. The number of fused-ring (bicyclic) bond motifs is 4. The van der Waals surface area contributed by atoms with E-state index in [4.69, 9.17) is 31.5 Å².